The normalized spacial score (nSPS) is 14.3. The van der Waals surface area contributed by atoms with Gasteiger partial charge < -0.3 is 10.1 Å². The predicted octanol–water partition coefficient (Wildman–Crippen LogP) is 2.97. The minimum absolute atomic E-state index is 0.261. The van der Waals surface area contributed by atoms with Crippen molar-refractivity contribution in [3.8, 4) is 6.01 Å². The molecule has 4 nitrogen and oxygen atoms in total. The summed E-state index contributed by atoms with van der Waals surface area (Å²) < 4.78 is 4.95. The number of nitrogens with zero attached hydrogens (tertiary/aromatic N) is 2. The molecule has 90 valence electrons. The second-order valence-electron chi connectivity index (χ2n) is 3.62. The molecule has 1 N–H and O–H groups in total. The van der Waals surface area contributed by atoms with Gasteiger partial charge in [0.1, 0.15) is 5.02 Å². The number of ether oxygens (including phenoxy) is 1. The first kappa shape index (κ1) is 13.5. The first-order valence-electron chi connectivity index (χ1n) is 4.97. The number of anilines is 1. The van der Waals surface area contributed by atoms with Gasteiger partial charge in [0, 0.05) is 11.4 Å². The third kappa shape index (κ3) is 3.49. The number of nitrogens with one attached hydrogen (secondary N) is 1. The third-order valence-corrected chi connectivity index (χ3v) is 3.66. The number of aromatic nitrogens is 2. The van der Waals surface area contributed by atoms with Crippen molar-refractivity contribution in [3.05, 3.63) is 11.2 Å². The van der Waals surface area contributed by atoms with Gasteiger partial charge in [-0.2, -0.15) is 4.98 Å². The van der Waals surface area contributed by atoms with Crippen molar-refractivity contribution in [2.45, 2.75) is 19.9 Å². The van der Waals surface area contributed by atoms with Crippen LogP contribution in [0.25, 0.3) is 0 Å². The van der Waals surface area contributed by atoms with E-state index in [-0.39, 0.29) is 6.04 Å². The molecule has 0 aliphatic rings. The van der Waals surface area contributed by atoms with Crippen LogP contribution in [-0.4, -0.2) is 28.4 Å². The molecule has 1 aromatic heterocycles. The van der Waals surface area contributed by atoms with Gasteiger partial charge in [-0.15, -0.1) is 0 Å². The van der Waals surface area contributed by atoms with Crippen LogP contribution in [0.3, 0.4) is 0 Å². The van der Waals surface area contributed by atoms with Crippen LogP contribution in [-0.2, 0) is 0 Å². The number of halogens is 2. The SMILES string of the molecule is COc1ncc(Cl)c(NC(C)C(C)CBr)n1. The Kier molecular flexibility index (Phi) is 5.28. The highest BCUT2D eigenvalue weighted by Gasteiger charge is 2.13. The van der Waals surface area contributed by atoms with Gasteiger partial charge in [0.15, 0.2) is 5.82 Å². The zero-order valence-electron chi connectivity index (χ0n) is 9.50. The summed E-state index contributed by atoms with van der Waals surface area (Å²) in [5, 5.41) is 4.65. The van der Waals surface area contributed by atoms with E-state index in [0.717, 1.165) is 5.33 Å². The lowest BCUT2D eigenvalue weighted by atomic mass is 10.1. The molecule has 2 atom stereocenters. The van der Waals surface area contributed by atoms with Gasteiger partial charge >= 0.3 is 6.01 Å². The van der Waals surface area contributed by atoms with Gasteiger partial charge in [0.05, 0.1) is 13.3 Å². The first-order valence-corrected chi connectivity index (χ1v) is 6.47. The average Bonchev–Trinajstić information content (AvgIpc) is 2.30. The molecule has 6 heteroatoms. The summed E-state index contributed by atoms with van der Waals surface area (Å²) in [7, 11) is 1.53. The molecule has 0 radical (unpaired) electrons. The highest BCUT2D eigenvalue weighted by molar-refractivity contribution is 9.09. The van der Waals surface area contributed by atoms with Gasteiger partial charge in [-0.05, 0) is 12.8 Å². The van der Waals surface area contributed by atoms with Crippen molar-refractivity contribution in [1.29, 1.82) is 0 Å². The highest BCUT2D eigenvalue weighted by Crippen LogP contribution is 2.22. The van der Waals surface area contributed by atoms with Crippen LogP contribution in [0, 0.1) is 5.92 Å². The monoisotopic (exact) mass is 307 g/mol. The van der Waals surface area contributed by atoms with Crippen molar-refractivity contribution >= 4 is 33.3 Å². The van der Waals surface area contributed by atoms with E-state index in [1.807, 2.05) is 0 Å². The maximum absolute atomic E-state index is 5.99. The standard InChI is InChI=1S/C10H15BrClN3O/c1-6(4-11)7(2)14-9-8(12)5-13-10(15-9)16-3/h5-7H,4H2,1-3H3,(H,13,14,15). The van der Waals surface area contributed by atoms with E-state index in [2.05, 4.69) is 45.1 Å². The van der Waals surface area contributed by atoms with E-state index in [4.69, 9.17) is 16.3 Å². The molecule has 0 aromatic carbocycles. The number of hydrogen-bond acceptors (Lipinski definition) is 4. The van der Waals surface area contributed by atoms with Crippen molar-refractivity contribution in [2.24, 2.45) is 5.92 Å². The van der Waals surface area contributed by atoms with E-state index in [1.165, 1.54) is 13.3 Å². The molecule has 0 aliphatic heterocycles. The van der Waals surface area contributed by atoms with Crippen LogP contribution in [0.4, 0.5) is 5.82 Å². The zero-order valence-corrected chi connectivity index (χ0v) is 11.8. The fourth-order valence-electron chi connectivity index (χ4n) is 1.04. The summed E-state index contributed by atoms with van der Waals surface area (Å²) in [5.74, 6) is 1.07. The van der Waals surface area contributed by atoms with Crippen LogP contribution in [0.1, 0.15) is 13.8 Å². The second-order valence-corrected chi connectivity index (χ2v) is 4.67. The van der Waals surface area contributed by atoms with Crippen LogP contribution in [0.5, 0.6) is 6.01 Å². The Hall–Kier alpha value is -0.550. The Balaban J connectivity index is 2.79. The number of hydrogen-bond donors (Lipinski definition) is 1. The van der Waals surface area contributed by atoms with Gasteiger partial charge in [-0.1, -0.05) is 34.5 Å². The van der Waals surface area contributed by atoms with Crippen molar-refractivity contribution in [2.75, 3.05) is 17.8 Å². The molecule has 1 aromatic rings. The first-order chi connectivity index (χ1) is 7.58. The molecule has 0 aliphatic carbocycles. The van der Waals surface area contributed by atoms with Crippen molar-refractivity contribution < 1.29 is 4.74 Å². The third-order valence-electron chi connectivity index (χ3n) is 2.37. The van der Waals surface area contributed by atoms with Gasteiger partial charge in [0.2, 0.25) is 0 Å². The molecule has 0 amide bonds. The Morgan fingerprint density at radius 1 is 1.56 bits per heavy atom. The maximum atomic E-state index is 5.99. The molecule has 0 fully saturated rings. The molecule has 0 bridgehead atoms. The largest absolute Gasteiger partial charge is 0.467 e. The maximum Gasteiger partial charge on any atom is 0.318 e. The van der Waals surface area contributed by atoms with E-state index in [1.54, 1.807) is 0 Å². The molecule has 0 saturated carbocycles. The summed E-state index contributed by atoms with van der Waals surface area (Å²) in [6.07, 6.45) is 1.53. The Morgan fingerprint density at radius 3 is 2.81 bits per heavy atom. The summed E-state index contributed by atoms with van der Waals surface area (Å²) in [6.45, 7) is 4.22. The quantitative estimate of drug-likeness (QED) is 0.850. The highest BCUT2D eigenvalue weighted by atomic mass is 79.9. The minimum atomic E-state index is 0.261. The fraction of sp³-hybridized carbons (Fsp3) is 0.600. The molecule has 1 heterocycles. The fourth-order valence-corrected chi connectivity index (χ4v) is 1.75. The van der Waals surface area contributed by atoms with Crippen LogP contribution in [0.2, 0.25) is 5.02 Å². The molecule has 2 unspecified atom stereocenters. The topological polar surface area (TPSA) is 47.0 Å². The molecule has 0 saturated heterocycles. The van der Waals surface area contributed by atoms with Gasteiger partial charge in [0.25, 0.3) is 0 Å². The van der Waals surface area contributed by atoms with E-state index in [9.17, 15) is 0 Å². The molecule has 1 rings (SSSR count). The van der Waals surface area contributed by atoms with Crippen LogP contribution >= 0.6 is 27.5 Å². The summed E-state index contributed by atoms with van der Waals surface area (Å²) in [6, 6.07) is 0.571. The second kappa shape index (κ2) is 6.25. The predicted molar refractivity (Wildman–Crippen MR) is 69.6 cm³/mol. The lowest BCUT2D eigenvalue weighted by Crippen LogP contribution is -2.25. The lowest BCUT2D eigenvalue weighted by molar-refractivity contribution is 0.380. The lowest BCUT2D eigenvalue weighted by Gasteiger charge is -2.20. The molecule has 0 spiro atoms. The molecular weight excluding hydrogens is 293 g/mol. The Morgan fingerprint density at radius 2 is 2.25 bits per heavy atom. The van der Waals surface area contributed by atoms with Crippen molar-refractivity contribution in [1.82, 2.24) is 9.97 Å². The van der Waals surface area contributed by atoms with E-state index >= 15 is 0 Å². The zero-order chi connectivity index (χ0) is 12.1. The molecular formula is C10H15BrClN3O. The van der Waals surface area contributed by atoms with E-state index in [0.29, 0.717) is 22.8 Å². The number of rotatable bonds is 5. The molecule has 16 heavy (non-hydrogen) atoms. The smallest absolute Gasteiger partial charge is 0.318 e. The van der Waals surface area contributed by atoms with Crippen LogP contribution < -0.4 is 10.1 Å². The average molecular weight is 309 g/mol. The summed E-state index contributed by atoms with van der Waals surface area (Å²) in [4.78, 5) is 8.07. The minimum Gasteiger partial charge on any atom is -0.467 e. The van der Waals surface area contributed by atoms with Crippen LogP contribution in [0.15, 0.2) is 6.20 Å². The van der Waals surface area contributed by atoms with Gasteiger partial charge in [-0.25, -0.2) is 4.98 Å². The van der Waals surface area contributed by atoms with Crippen molar-refractivity contribution in [3.63, 3.8) is 0 Å². The summed E-state index contributed by atoms with van der Waals surface area (Å²) in [5.41, 5.74) is 0. The number of methoxy groups -OCH3 is 1. The Labute approximate surface area is 109 Å². The van der Waals surface area contributed by atoms with E-state index < -0.39 is 0 Å². The summed E-state index contributed by atoms with van der Waals surface area (Å²) >= 11 is 9.44. The van der Waals surface area contributed by atoms with Gasteiger partial charge in [-0.3, -0.25) is 0 Å². The number of alkyl halides is 1. The Bertz CT molecular complexity index is 351.